The summed E-state index contributed by atoms with van der Waals surface area (Å²) in [7, 11) is 1.93. The van der Waals surface area contributed by atoms with E-state index in [2.05, 4.69) is 0 Å². The van der Waals surface area contributed by atoms with E-state index in [-0.39, 0.29) is 18.2 Å². The molecule has 1 aliphatic rings. The van der Waals surface area contributed by atoms with Crippen molar-refractivity contribution in [3.8, 4) is 0 Å². The van der Waals surface area contributed by atoms with Gasteiger partial charge in [0.2, 0.25) is 0 Å². The molecular formula is C16H18N2O3. The van der Waals surface area contributed by atoms with E-state index < -0.39 is 5.97 Å². The molecule has 2 heterocycles. The number of carboxylic acid groups (broad SMARTS) is 1. The number of para-hydroxylation sites is 1. The molecular weight excluding hydrogens is 268 g/mol. The van der Waals surface area contributed by atoms with E-state index in [4.69, 9.17) is 5.11 Å². The van der Waals surface area contributed by atoms with E-state index in [1.807, 2.05) is 42.1 Å². The largest absolute Gasteiger partial charge is 0.481 e. The molecule has 1 saturated heterocycles. The first-order chi connectivity index (χ1) is 10.1. The van der Waals surface area contributed by atoms with Crippen molar-refractivity contribution < 1.29 is 14.7 Å². The van der Waals surface area contributed by atoms with Crippen LogP contribution in [0.1, 0.15) is 23.2 Å². The fourth-order valence-corrected chi connectivity index (χ4v) is 3.11. The third-order valence-corrected chi connectivity index (χ3v) is 4.16. The summed E-state index contributed by atoms with van der Waals surface area (Å²) < 4.78 is 1.95. The first-order valence-corrected chi connectivity index (χ1v) is 7.11. The average molecular weight is 286 g/mol. The summed E-state index contributed by atoms with van der Waals surface area (Å²) >= 11 is 0. The number of amides is 1. The summed E-state index contributed by atoms with van der Waals surface area (Å²) in [5.74, 6) is -0.722. The van der Waals surface area contributed by atoms with Gasteiger partial charge in [0.15, 0.2) is 0 Å². The minimum Gasteiger partial charge on any atom is -0.481 e. The van der Waals surface area contributed by atoms with Crippen molar-refractivity contribution in [1.82, 2.24) is 9.47 Å². The van der Waals surface area contributed by atoms with Crippen molar-refractivity contribution in [2.45, 2.75) is 12.8 Å². The highest BCUT2D eigenvalue weighted by Gasteiger charge is 2.29. The molecule has 1 atom stereocenters. The lowest BCUT2D eigenvalue weighted by Gasteiger charge is -2.15. The van der Waals surface area contributed by atoms with Gasteiger partial charge < -0.3 is 14.6 Å². The Balaban J connectivity index is 1.83. The third-order valence-electron chi connectivity index (χ3n) is 4.16. The fourth-order valence-electron chi connectivity index (χ4n) is 3.11. The van der Waals surface area contributed by atoms with Crippen molar-refractivity contribution in [2.75, 3.05) is 13.1 Å². The lowest BCUT2D eigenvalue weighted by atomic mass is 10.1. The molecule has 5 heteroatoms. The summed E-state index contributed by atoms with van der Waals surface area (Å²) in [6.07, 6.45) is 2.76. The molecule has 1 amide bonds. The van der Waals surface area contributed by atoms with E-state index in [0.717, 1.165) is 17.3 Å². The van der Waals surface area contributed by atoms with Crippen molar-refractivity contribution in [2.24, 2.45) is 13.0 Å². The lowest BCUT2D eigenvalue weighted by Crippen LogP contribution is -2.28. The number of aryl methyl sites for hydroxylation is 1. The highest BCUT2D eigenvalue weighted by molar-refractivity contribution is 6.07. The molecule has 0 aliphatic carbocycles. The van der Waals surface area contributed by atoms with Crippen molar-refractivity contribution >= 4 is 22.8 Å². The summed E-state index contributed by atoms with van der Waals surface area (Å²) in [5.41, 5.74) is 1.73. The van der Waals surface area contributed by atoms with Crippen LogP contribution in [0.2, 0.25) is 0 Å². The van der Waals surface area contributed by atoms with Gasteiger partial charge in [-0.1, -0.05) is 18.2 Å². The van der Waals surface area contributed by atoms with Crippen molar-refractivity contribution in [3.63, 3.8) is 0 Å². The Morgan fingerprint density at radius 2 is 2.10 bits per heavy atom. The Morgan fingerprint density at radius 3 is 2.86 bits per heavy atom. The minimum atomic E-state index is -0.792. The lowest BCUT2D eigenvalue weighted by molar-refractivity contribution is -0.138. The number of rotatable bonds is 3. The number of hydrogen-bond acceptors (Lipinski definition) is 2. The van der Waals surface area contributed by atoms with Crippen LogP contribution < -0.4 is 0 Å². The molecule has 0 spiro atoms. The number of carboxylic acids is 1. The maximum Gasteiger partial charge on any atom is 0.303 e. The van der Waals surface area contributed by atoms with Gasteiger partial charge in [-0.2, -0.15) is 0 Å². The molecule has 110 valence electrons. The Bertz CT molecular complexity index is 705. The van der Waals surface area contributed by atoms with Crippen LogP contribution in [0.4, 0.5) is 0 Å². The van der Waals surface area contributed by atoms with E-state index in [9.17, 15) is 9.59 Å². The molecule has 21 heavy (non-hydrogen) atoms. The van der Waals surface area contributed by atoms with Crippen LogP contribution in [0.5, 0.6) is 0 Å². The maximum absolute atomic E-state index is 12.7. The predicted molar refractivity (Wildman–Crippen MR) is 79.2 cm³/mol. The van der Waals surface area contributed by atoms with Gasteiger partial charge in [0.1, 0.15) is 0 Å². The minimum absolute atomic E-state index is 0.000288. The average Bonchev–Trinajstić information content (AvgIpc) is 3.03. The zero-order valence-electron chi connectivity index (χ0n) is 12.0. The van der Waals surface area contributed by atoms with Gasteiger partial charge in [0, 0.05) is 43.7 Å². The van der Waals surface area contributed by atoms with Gasteiger partial charge in [0.25, 0.3) is 5.91 Å². The zero-order valence-corrected chi connectivity index (χ0v) is 12.0. The number of nitrogens with zero attached hydrogens (tertiary/aromatic N) is 2. The number of benzene rings is 1. The Hall–Kier alpha value is -2.30. The predicted octanol–water partition coefficient (Wildman–Crippen LogP) is 2.12. The smallest absolute Gasteiger partial charge is 0.303 e. The van der Waals surface area contributed by atoms with E-state index >= 15 is 0 Å². The molecule has 3 rings (SSSR count). The Labute approximate surface area is 122 Å². The van der Waals surface area contributed by atoms with E-state index in [1.165, 1.54) is 0 Å². The summed E-state index contributed by atoms with van der Waals surface area (Å²) in [6.45, 7) is 1.17. The third kappa shape index (κ3) is 2.51. The molecule has 0 bridgehead atoms. The first-order valence-electron chi connectivity index (χ1n) is 7.11. The number of carbonyl (C=O) groups excluding carboxylic acids is 1. The van der Waals surface area contributed by atoms with Gasteiger partial charge in [-0.15, -0.1) is 0 Å². The monoisotopic (exact) mass is 286 g/mol. The second kappa shape index (κ2) is 5.24. The summed E-state index contributed by atoms with van der Waals surface area (Å²) in [6, 6.07) is 7.82. The molecule has 5 nitrogen and oxygen atoms in total. The van der Waals surface area contributed by atoms with Crippen LogP contribution >= 0.6 is 0 Å². The Morgan fingerprint density at radius 1 is 1.33 bits per heavy atom. The normalized spacial score (nSPS) is 18.3. The number of aromatic nitrogens is 1. The van der Waals surface area contributed by atoms with Gasteiger partial charge >= 0.3 is 5.97 Å². The molecule has 1 aromatic carbocycles. The Kier molecular flexibility index (Phi) is 3.41. The molecule has 2 aromatic rings. The standard InChI is InChI=1S/C16H18N2O3/c1-17-10-13(12-4-2-3-5-14(12)17)16(21)18-7-6-11(9-18)8-15(19)20/h2-5,10-11H,6-9H2,1H3,(H,19,20). The first kappa shape index (κ1) is 13.7. The molecule has 1 N–H and O–H groups in total. The molecule has 1 unspecified atom stereocenters. The van der Waals surface area contributed by atoms with Gasteiger partial charge in [-0.05, 0) is 18.4 Å². The number of aliphatic carboxylic acids is 1. The SMILES string of the molecule is Cn1cc(C(=O)N2CCC(CC(=O)O)C2)c2ccccc21. The molecule has 0 radical (unpaired) electrons. The van der Waals surface area contributed by atoms with Crippen LogP contribution in [0.25, 0.3) is 10.9 Å². The highest BCUT2D eigenvalue weighted by atomic mass is 16.4. The van der Waals surface area contributed by atoms with Crippen molar-refractivity contribution in [1.29, 1.82) is 0 Å². The molecule has 1 fully saturated rings. The van der Waals surface area contributed by atoms with Crippen molar-refractivity contribution in [3.05, 3.63) is 36.0 Å². The van der Waals surface area contributed by atoms with E-state index in [0.29, 0.717) is 18.7 Å². The van der Waals surface area contributed by atoms with Gasteiger partial charge in [-0.25, -0.2) is 0 Å². The van der Waals surface area contributed by atoms with Crippen LogP contribution in [0, 0.1) is 5.92 Å². The molecule has 1 aliphatic heterocycles. The number of hydrogen-bond donors (Lipinski definition) is 1. The number of fused-ring (bicyclic) bond motifs is 1. The topological polar surface area (TPSA) is 62.5 Å². The zero-order chi connectivity index (χ0) is 15.0. The second-order valence-corrected chi connectivity index (χ2v) is 5.67. The van der Waals surface area contributed by atoms with E-state index in [1.54, 1.807) is 4.90 Å². The summed E-state index contributed by atoms with van der Waals surface area (Å²) in [5, 5.41) is 9.80. The molecule has 0 saturated carbocycles. The highest BCUT2D eigenvalue weighted by Crippen LogP contribution is 2.26. The molecule has 1 aromatic heterocycles. The second-order valence-electron chi connectivity index (χ2n) is 5.67. The van der Waals surface area contributed by atoms with Gasteiger partial charge in [0.05, 0.1) is 5.56 Å². The summed E-state index contributed by atoms with van der Waals surface area (Å²) in [4.78, 5) is 25.2. The van der Waals surface area contributed by atoms with Crippen LogP contribution in [-0.4, -0.2) is 39.5 Å². The van der Waals surface area contributed by atoms with Crippen LogP contribution in [-0.2, 0) is 11.8 Å². The van der Waals surface area contributed by atoms with Crippen LogP contribution in [0.3, 0.4) is 0 Å². The maximum atomic E-state index is 12.7. The van der Waals surface area contributed by atoms with Gasteiger partial charge in [-0.3, -0.25) is 9.59 Å². The fraction of sp³-hybridized carbons (Fsp3) is 0.375. The number of likely N-dealkylation sites (tertiary alicyclic amines) is 1. The quantitative estimate of drug-likeness (QED) is 0.940. The number of carbonyl (C=O) groups is 2. The van der Waals surface area contributed by atoms with Crippen LogP contribution in [0.15, 0.2) is 30.5 Å².